The Morgan fingerprint density at radius 3 is 2.71 bits per heavy atom. The standard InChI is InChI=1S/C17H14ClN5O/c18-16-15-14(12-8-21-22(9-12)6-7-24)10-23(17(15)20-11-19-16)13-4-2-1-3-5-13/h1-5,8-11,24H,6-7H2. The fourth-order valence-electron chi connectivity index (χ4n) is 2.76. The van der Waals surface area contributed by atoms with Crippen molar-refractivity contribution in [2.45, 2.75) is 6.54 Å². The summed E-state index contributed by atoms with van der Waals surface area (Å²) in [4.78, 5) is 8.53. The number of benzene rings is 1. The normalized spacial score (nSPS) is 11.2. The van der Waals surface area contributed by atoms with Crippen LogP contribution in [-0.4, -0.2) is 36.0 Å². The van der Waals surface area contributed by atoms with Gasteiger partial charge in [-0.2, -0.15) is 5.10 Å². The van der Waals surface area contributed by atoms with Crippen LogP contribution in [0.4, 0.5) is 0 Å². The van der Waals surface area contributed by atoms with E-state index >= 15 is 0 Å². The molecule has 0 bridgehead atoms. The molecule has 6 nitrogen and oxygen atoms in total. The summed E-state index contributed by atoms with van der Waals surface area (Å²) in [5.74, 6) is 0. The molecule has 3 heterocycles. The molecule has 24 heavy (non-hydrogen) atoms. The quantitative estimate of drug-likeness (QED) is 0.580. The van der Waals surface area contributed by atoms with Gasteiger partial charge in [-0.3, -0.25) is 4.68 Å². The number of aliphatic hydroxyl groups excluding tert-OH is 1. The van der Waals surface area contributed by atoms with Crippen molar-refractivity contribution in [3.63, 3.8) is 0 Å². The van der Waals surface area contributed by atoms with Crippen molar-refractivity contribution in [3.8, 4) is 16.8 Å². The highest BCUT2D eigenvalue weighted by atomic mass is 35.5. The first-order chi connectivity index (χ1) is 11.8. The summed E-state index contributed by atoms with van der Waals surface area (Å²) >= 11 is 6.35. The summed E-state index contributed by atoms with van der Waals surface area (Å²) in [7, 11) is 0. The predicted octanol–water partition coefficient (Wildman–Crippen LogP) is 2.93. The van der Waals surface area contributed by atoms with E-state index in [1.807, 2.05) is 47.3 Å². The highest BCUT2D eigenvalue weighted by Gasteiger charge is 2.17. The van der Waals surface area contributed by atoms with E-state index in [9.17, 15) is 0 Å². The average molecular weight is 340 g/mol. The minimum atomic E-state index is 0.0385. The first-order valence-electron chi connectivity index (χ1n) is 7.48. The molecule has 3 aromatic heterocycles. The number of aromatic nitrogens is 5. The summed E-state index contributed by atoms with van der Waals surface area (Å²) in [6.45, 7) is 0.484. The molecular formula is C17H14ClN5O. The third-order valence-corrected chi connectivity index (χ3v) is 4.13. The Hall–Kier alpha value is -2.70. The van der Waals surface area contributed by atoms with Crippen LogP contribution in [0.5, 0.6) is 0 Å². The molecule has 0 aliphatic heterocycles. The van der Waals surface area contributed by atoms with Crippen molar-refractivity contribution in [3.05, 3.63) is 60.4 Å². The third kappa shape index (κ3) is 2.46. The third-order valence-electron chi connectivity index (χ3n) is 3.84. The van der Waals surface area contributed by atoms with Gasteiger partial charge in [0.2, 0.25) is 0 Å². The van der Waals surface area contributed by atoms with Gasteiger partial charge >= 0.3 is 0 Å². The minimum Gasteiger partial charge on any atom is -0.394 e. The molecule has 1 N–H and O–H groups in total. The number of fused-ring (bicyclic) bond motifs is 1. The Bertz CT molecular complexity index is 993. The van der Waals surface area contributed by atoms with Crippen molar-refractivity contribution < 1.29 is 5.11 Å². The lowest BCUT2D eigenvalue weighted by molar-refractivity contribution is 0.269. The van der Waals surface area contributed by atoms with Gasteiger partial charge in [-0.05, 0) is 12.1 Å². The van der Waals surface area contributed by atoms with Gasteiger partial charge in [0.15, 0.2) is 0 Å². The van der Waals surface area contributed by atoms with E-state index in [0.717, 1.165) is 27.8 Å². The van der Waals surface area contributed by atoms with Gasteiger partial charge in [-0.25, -0.2) is 9.97 Å². The number of para-hydroxylation sites is 1. The summed E-state index contributed by atoms with van der Waals surface area (Å²) in [6, 6.07) is 9.94. The largest absolute Gasteiger partial charge is 0.394 e. The molecular weight excluding hydrogens is 326 g/mol. The van der Waals surface area contributed by atoms with Crippen LogP contribution in [0.3, 0.4) is 0 Å². The van der Waals surface area contributed by atoms with Crippen LogP contribution in [0, 0.1) is 0 Å². The molecule has 0 unspecified atom stereocenters. The van der Waals surface area contributed by atoms with E-state index in [4.69, 9.17) is 16.7 Å². The topological polar surface area (TPSA) is 68.8 Å². The van der Waals surface area contributed by atoms with Crippen LogP contribution in [0.2, 0.25) is 5.15 Å². The zero-order valence-electron chi connectivity index (χ0n) is 12.7. The maximum atomic E-state index is 9.06. The molecule has 0 radical (unpaired) electrons. The van der Waals surface area contributed by atoms with Crippen LogP contribution in [0.15, 0.2) is 55.2 Å². The number of rotatable bonds is 4. The molecule has 120 valence electrons. The predicted molar refractivity (Wildman–Crippen MR) is 92.2 cm³/mol. The van der Waals surface area contributed by atoms with Gasteiger partial charge in [0.05, 0.1) is 24.7 Å². The molecule has 0 atom stereocenters. The SMILES string of the molecule is OCCn1cc(-c2cn(-c3ccccc3)c3ncnc(Cl)c23)cn1. The molecule has 0 spiro atoms. The fourth-order valence-corrected chi connectivity index (χ4v) is 2.99. The zero-order chi connectivity index (χ0) is 16.5. The minimum absolute atomic E-state index is 0.0385. The van der Waals surface area contributed by atoms with Gasteiger partial charge in [0.1, 0.15) is 17.1 Å². The van der Waals surface area contributed by atoms with Gasteiger partial charge < -0.3 is 9.67 Å². The van der Waals surface area contributed by atoms with E-state index in [2.05, 4.69) is 15.1 Å². The molecule has 0 aliphatic rings. The number of nitrogens with zero attached hydrogens (tertiary/aromatic N) is 5. The smallest absolute Gasteiger partial charge is 0.150 e. The summed E-state index contributed by atoms with van der Waals surface area (Å²) in [5, 5.41) is 14.5. The fraction of sp³-hybridized carbons (Fsp3) is 0.118. The van der Waals surface area contributed by atoms with E-state index in [0.29, 0.717) is 11.7 Å². The number of aliphatic hydroxyl groups is 1. The maximum Gasteiger partial charge on any atom is 0.150 e. The van der Waals surface area contributed by atoms with E-state index < -0.39 is 0 Å². The summed E-state index contributed by atoms with van der Waals surface area (Å²) < 4.78 is 3.68. The van der Waals surface area contributed by atoms with Crippen LogP contribution in [-0.2, 0) is 6.54 Å². The summed E-state index contributed by atoms with van der Waals surface area (Å²) in [5.41, 5.74) is 3.54. The molecule has 0 amide bonds. The first kappa shape index (κ1) is 14.9. The van der Waals surface area contributed by atoms with Crippen molar-refractivity contribution in [2.24, 2.45) is 0 Å². The van der Waals surface area contributed by atoms with Crippen molar-refractivity contribution in [2.75, 3.05) is 6.61 Å². The van der Waals surface area contributed by atoms with Crippen LogP contribution in [0.25, 0.3) is 27.8 Å². The molecule has 7 heteroatoms. The molecule has 0 fully saturated rings. The van der Waals surface area contributed by atoms with Gasteiger partial charge in [-0.1, -0.05) is 29.8 Å². The zero-order valence-corrected chi connectivity index (χ0v) is 13.4. The van der Waals surface area contributed by atoms with Gasteiger partial charge in [0, 0.05) is 29.2 Å². The van der Waals surface area contributed by atoms with Crippen LogP contribution in [0.1, 0.15) is 0 Å². The van der Waals surface area contributed by atoms with Crippen molar-refractivity contribution in [1.29, 1.82) is 0 Å². The summed E-state index contributed by atoms with van der Waals surface area (Å²) in [6.07, 6.45) is 7.08. The number of hydrogen-bond donors (Lipinski definition) is 1. The highest BCUT2D eigenvalue weighted by Crippen LogP contribution is 2.34. The Balaban J connectivity index is 1.95. The second kappa shape index (κ2) is 6.07. The Morgan fingerprint density at radius 2 is 1.92 bits per heavy atom. The lowest BCUT2D eigenvalue weighted by Gasteiger charge is -2.03. The molecule has 1 aromatic carbocycles. The molecule has 0 saturated heterocycles. The molecule has 4 rings (SSSR count). The highest BCUT2D eigenvalue weighted by molar-refractivity contribution is 6.35. The molecule has 0 saturated carbocycles. The molecule has 4 aromatic rings. The maximum absolute atomic E-state index is 9.06. The Morgan fingerprint density at radius 1 is 1.08 bits per heavy atom. The van der Waals surface area contributed by atoms with E-state index in [-0.39, 0.29) is 6.61 Å². The van der Waals surface area contributed by atoms with Crippen LogP contribution < -0.4 is 0 Å². The second-order valence-electron chi connectivity index (χ2n) is 5.33. The first-order valence-corrected chi connectivity index (χ1v) is 7.86. The van der Waals surface area contributed by atoms with Crippen molar-refractivity contribution in [1.82, 2.24) is 24.3 Å². The Labute approximate surface area is 143 Å². The van der Waals surface area contributed by atoms with Crippen LogP contribution >= 0.6 is 11.6 Å². The lowest BCUT2D eigenvalue weighted by atomic mass is 10.1. The van der Waals surface area contributed by atoms with Crippen molar-refractivity contribution >= 4 is 22.6 Å². The van der Waals surface area contributed by atoms with Gasteiger partial charge in [-0.15, -0.1) is 0 Å². The molecule has 0 aliphatic carbocycles. The van der Waals surface area contributed by atoms with E-state index in [1.54, 1.807) is 10.9 Å². The lowest BCUT2D eigenvalue weighted by Crippen LogP contribution is -2.01. The second-order valence-corrected chi connectivity index (χ2v) is 5.69. The average Bonchev–Trinajstić information content (AvgIpc) is 3.21. The Kier molecular flexibility index (Phi) is 3.76. The van der Waals surface area contributed by atoms with Gasteiger partial charge in [0.25, 0.3) is 0 Å². The number of hydrogen-bond acceptors (Lipinski definition) is 4. The van der Waals surface area contributed by atoms with E-state index in [1.165, 1.54) is 6.33 Å². The number of halogens is 1. The monoisotopic (exact) mass is 339 g/mol.